The summed E-state index contributed by atoms with van der Waals surface area (Å²) in [6, 6.07) is 2.63. The van der Waals surface area contributed by atoms with Gasteiger partial charge in [0.15, 0.2) is 0 Å². The Morgan fingerprint density at radius 1 is 1.41 bits per heavy atom. The number of rotatable bonds is 2. The number of aromatic nitrogens is 1. The average Bonchev–Trinajstić information content (AvgIpc) is 2.75. The number of hydrogen-bond donors (Lipinski definition) is 0. The van der Waals surface area contributed by atoms with Crippen LogP contribution in [-0.2, 0) is 11.3 Å². The van der Waals surface area contributed by atoms with Gasteiger partial charge in [0, 0.05) is 25.2 Å². The van der Waals surface area contributed by atoms with Crippen molar-refractivity contribution >= 4 is 0 Å². The van der Waals surface area contributed by atoms with Crippen LogP contribution in [0.3, 0.4) is 0 Å². The Kier molecular flexibility index (Phi) is 3.16. The molecule has 0 radical (unpaired) electrons. The van der Waals surface area contributed by atoms with Crippen LogP contribution in [-0.4, -0.2) is 35.4 Å². The van der Waals surface area contributed by atoms with Crippen molar-refractivity contribution in [3.8, 4) is 0 Å². The normalized spacial score (nSPS) is 30.2. The minimum Gasteiger partial charge on any atom is -0.375 e. The molecule has 2 unspecified atom stereocenters. The van der Waals surface area contributed by atoms with E-state index in [9.17, 15) is 0 Å². The fourth-order valence-corrected chi connectivity index (χ4v) is 3.07. The molecule has 2 aliphatic rings. The van der Waals surface area contributed by atoms with Gasteiger partial charge >= 0.3 is 0 Å². The summed E-state index contributed by atoms with van der Waals surface area (Å²) in [6.07, 6.45) is 5.59. The molecule has 4 nitrogen and oxygen atoms in total. The molecule has 1 aromatic rings. The van der Waals surface area contributed by atoms with Gasteiger partial charge in [-0.1, -0.05) is 18.0 Å². The van der Waals surface area contributed by atoms with Crippen molar-refractivity contribution < 1.29 is 9.26 Å². The first-order valence-corrected chi connectivity index (χ1v) is 6.61. The van der Waals surface area contributed by atoms with Gasteiger partial charge in [0.25, 0.3) is 0 Å². The van der Waals surface area contributed by atoms with Gasteiger partial charge in [0.2, 0.25) is 0 Å². The van der Waals surface area contributed by atoms with E-state index in [2.05, 4.69) is 10.1 Å². The smallest absolute Gasteiger partial charge is 0.133 e. The van der Waals surface area contributed by atoms with Gasteiger partial charge < -0.3 is 9.26 Å². The molecule has 4 heteroatoms. The molecule has 1 saturated carbocycles. The lowest BCUT2D eigenvalue weighted by atomic mass is 9.90. The Morgan fingerprint density at radius 3 is 3.12 bits per heavy atom. The lowest BCUT2D eigenvalue weighted by molar-refractivity contribution is -0.0916. The largest absolute Gasteiger partial charge is 0.375 e. The molecule has 17 heavy (non-hydrogen) atoms. The van der Waals surface area contributed by atoms with Gasteiger partial charge in [-0.3, -0.25) is 4.90 Å². The Balaban J connectivity index is 1.68. The third-order valence-electron chi connectivity index (χ3n) is 3.89. The molecule has 2 fully saturated rings. The van der Waals surface area contributed by atoms with Gasteiger partial charge in [-0.2, -0.15) is 0 Å². The fourth-order valence-electron chi connectivity index (χ4n) is 3.07. The molecular weight excluding hydrogens is 216 g/mol. The lowest BCUT2D eigenvalue weighted by Gasteiger charge is -2.43. The molecule has 2 atom stereocenters. The molecule has 1 aromatic heterocycles. The lowest BCUT2D eigenvalue weighted by Crippen LogP contribution is -2.52. The van der Waals surface area contributed by atoms with Gasteiger partial charge in [-0.25, -0.2) is 0 Å². The highest BCUT2D eigenvalue weighted by Crippen LogP contribution is 2.29. The standard InChI is InChI=1S/C13H20N2O2/c1-10-8-11(14-17-10)9-15-6-7-16-13-5-3-2-4-12(13)15/h8,12-13H,2-7,9H2,1H3. The molecule has 2 heterocycles. The maximum Gasteiger partial charge on any atom is 0.133 e. The molecule has 0 spiro atoms. The van der Waals surface area contributed by atoms with Crippen molar-refractivity contribution in [1.29, 1.82) is 0 Å². The summed E-state index contributed by atoms with van der Waals surface area (Å²) < 4.78 is 11.0. The molecule has 1 saturated heterocycles. The Morgan fingerprint density at radius 2 is 2.29 bits per heavy atom. The van der Waals surface area contributed by atoms with Crippen LogP contribution in [0.1, 0.15) is 37.1 Å². The van der Waals surface area contributed by atoms with Gasteiger partial charge in [0.05, 0.1) is 18.4 Å². The first kappa shape index (κ1) is 11.2. The van der Waals surface area contributed by atoms with Gasteiger partial charge in [-0.05, 0) is 19.8 Å². The molecule has 0 aromatic carbocycles. The summed E-state index contributed by atoms with van der Waals surface area (Å²) in [5.74, 6) is 0.897. The van der Waals surface area contributed by atoms with E-state index in [1.54, 1.807) is 0 Å². The molecule has 0 N–H and O–H groups in total. The summed E-state index contributed by atoms with van der Waals surface area (Å²) >= 11 is 0. The third-order valence-corrected chi connectivity index (χ3v) is 3.89. The predicted octanol–water partition coefficient (Wildman–Crippen LogP) is 2.13. The van der Waals surface area contributed by atoms with Crippen LogP contribution in [0.15, 0.2) is 10.6 Å². The summed E-state index contributed by atoms with van der Waals surface area (Å²) in [7, 11) is 0. The van der Waals surface area contributed by atoms with Crippen LogP contribution >= 0.6 is 0 Å². The number of ether oxygens (including phenoxy) is 1. The minimum absolute atomic E-state index is 0.450. The van der Waals surface area contributed by atoms with Crippen LogP contribution < -0.4 is 0 Å². The van der Waals surface area contributed by atoms with Crippen LogP contribution in [0.4, 0.5) is 0 Å². The van der Waals surface area contributed by atoms with E-state index in [1.165, 1.54) is 25.7 Å². The molecule has 1 aliphatic carbocycles. The van der Waals surface area contributed by atoms with Crippen molar-refractivity contribution in [3.05, 3.63) is 17.5 Å². The number of fused-ring (bicyclic) bond motifs is 1. The fraction of sp³-hybridized carbons (Fsp3) is 0.769. The van der Waals surface area contributed by atoms with E-state index in [1.807, 2.05) is 13.0 Å². The topological polar surface area (TPSA) is 38.5 Å². The third kappa shape index (κ3) is 2.38. The summed E-state index contributed by atoms with van der Waals surface area (Å²) in [6.45, 7) is 4.73. The number of morpholine rings is 1. The summed E-state index contributed by atoms with van der Waals surface area (Å²) in [5, 5.41) is 4.09. The van der Waals surface area contributed by atoms with Crippen LogP contribution in [0.2, 0.25) is 0 Å². The van der Waals surface area contributed by atoms with Crippen LogP contribution in [0.25, 0.3) is 0 Å². The number of nitrogens with zero attached hydrogens (tertiary/aromatic N) is 2. The van der Waals surface area contributed by atoms with Gasteiger partial charge in [-0.15, -0.1) is 0 Å². The first-order chi connectivity index (χ1) is 8.33. The Labute approximate surface area is 102 Å². The molecule has 94 valence electrons. The molecular formula is C13H20N2O2. The highest BCUT2D eigenvalue weighted by Gasteiger charge is 2.34. The highest BCUT2D eigenvalue weighted by molar-refractivity contribution is 5.04. The van der Waals surface area contributed by atoms with E-state index in [-0.39, 0.29) is 0 Å². The van der Waals surface area contributed by atoms with Crippen molar-refractivity contribution in [2.45, 2.75) is 51.3 Å². The van der Waals surface area contributed by atoms with Crippen molar-refractivity contribution in [2.75, 3.05) is 13.2 Å². The average molecular weight is 236 g/mol. The molecule has 3 rings (SSSR count). The second-order valence-corrected chi connectivity index (χ2v) is 5.16. The predicted molar refractivity (Wildman–Crippen MR) is 63.6 cm³/mol. The van der Waals surface area contributed by atoms with Crippen LogP contribution in [0, 0.1) is 6.92 Å². The highest BCUT2D eigenvalue weighted by atomic mass is 16.5. The van der Waals surface area contributed by atoms with E-state index in [0.29, 0.717) is 12.1 Å². The van der Waals surface area contributed by atoms with E-state index in [4.69, 9.17) is 9.26 Å². The molecule has 0 bridgehead atoms. The maximum absolute atomic E-state index is 5.87. The Bertz CT molecular complexity index is 375. The molecule has 1 aliphatic heterocycles. The zero-order valence-corrected chi connectivity index (χ0v) is 10.4. The van der Waals surface area contributed by atoms with Crippen molar-refractivity contribution in [3.63, 3.8) is 0 Å². The SMILES string of the molecule is Cc1cc(CN2CCOC3CCCCC32)no1. The van der Waals surface area contributed by atoms with Gasteiger partial charge in [0.1, 0.15) is 5.76 Å². The second-order valence-electron chi connectivity index (χ2n) is 5.16. The van der Waals surface area contributed by atoms with E-state index >= 15 is 0 Å². The zero-order valence-electron chi connectivity index (χ0n) is 10.4. The summed E-state index contributed by atoms with van der Waals surface area (Å²) in [5.41, 5.74) is 1.05. The Hall–Kier alpha value is -0.870. The summed E-state index contributed by atoms with van der Waals surface area (Å²) in [4.78, 5) is 2.52. The van der Waals surface area contributed by atoms with Crippen LogP contribution in [0.5, 0.6) is 0 Å². The van der Waals surface area contributed by atoms with E-state index in [0.717, 1.165) is 31.2 Å². The number of aryl methyl sites for hydroxylation is 1. The minimum atomic E-state index is 0.450. The quantitative estimate of drug-likeness (QED) is 0.788. The van der Waals surface area contributed by atoms with Crippen molar-refractivity contribution in [2.24, 2.45) is 0 Å². The van der Waals surface area contributed by atoms with E-state index < -0.39 is 0 Å². The first-order valence-electron chi connectivity index (χ1n) is 6.61. The zero-order chi connectivity index (χ0) is 11.7. The molecule has 0 amide bonds. The maximum atomic E-state index is 5.87. The monoisotopic (exact) mass is 236 g/mol. The van der Waals surface area contributed by atoms with Crippen molar-refractivity contribution in [1.82, 2.24) is 10.1 Å². The second kappa shape index (κ2) is 4.78. The number of hydrogen-bond acceptors (Lipinski definition) is 4.